The van der Waals surface area contributed by atoms with Gasteiger partial charge in [0.2, 0.25) is 5.91 Å². The third-order valence-corrected chi connectivity index (χ3v) is 9.19. The van der Waals surface area contributed by atoms with Crippen molar-refractivity contribution in [2.75, 3.05) is 5.73 Å². The van der Waals surface area contributed by atoms with Gasteiger partial charge in [0, 0.05) is 16.0 Å². The summed E-state index contributed by atoms with van der Waals surface area (Å²) in [5, 5.41) is 2.69. The van der Waals surface area contributed by atoms with E-state index in [-0.39, 0.29) is 23.9 Å². The molecule has 3 N–H and O–H groups in total. The van der Waals surface area contributed by atoms with Crippen molar-refractivity contribution >= 4 is 61.9 Å². The molecule has 2 atom stereocenters. The van der Waals surface area contributed by atoms with Crippen LogP contribution in [0.4, 0.5) is 5.13 Å². The molecular weight excluding hydrogens is 588 g/mol. The first kappa shape index (κ1) is 26.2. The number of nitrogens with one attached hydrogen (secondary N) is 1. The summed E-state index contributed by atoms with van der Waals surface area (Å²) in [4.78, 5) is 48.2. The maximum absolute atomic E-state index is 13.7. The fourth-order valence-electron chi connectivity index (χ4n) is 4.36. The number of nitrogen functional groups attached to an aromatic ring is 1. The summed E-state index contributed by atoms with van der Waals surface area (Å²) >= 11 is 6.00. The van der Waals surface area contributed by atoms with Crippen molar-refractivity contribution in [2.45, 2.75) is 30.9 Å². The number of nitrogens with zero attached hydrogens (tertiary/aromatic N) is 2. The SMILES string of the molecule is CC1=C(C(=O)OC(c2ccccc2)c2ccccc2)N2C(=O)C(NC(=O)Cc3cnc(N)s3)[C@H]2SC1=CBr. The number of aromatic nitrogens is 1. The number of anilines is 1. The molecule has 0 radical (unpaired) electrons. The van der Waals surface area contributed by atoms with Crippen molar-refractivity contribution in [2.24, 2.45) is 0 Å². The van der Waals surface area contributed by atoms with Gasteiger partial charge in [-0.3, -0.25) is 14.5 Å². The number of carbonyl (C=O) groups is 3. The van der Waals surface area contributed by atoms with E-state index in [0.29, 0.717) is 15.6 Å². The van der Waals surface area contributed by atoms with Gasteiger partial charge in [0.1, 0.15) is 17.1 Å². The molecule has 2 aromatic carbocycles. The summed E-state index contributed by atoms with van der Waals surface area (Å²) in [6.07, 6.45) is 0.955. The number of esters is 1. The first-order valence-corrected chi connectivity index (χ1v) is 14.3. The van der Waals surface area contributed by atoms with Gasteiger partial charge in [-0.15, -0.1) is 11.3 Å². The summed E-state index contributed by atoms with van der Waals surface area (Å²) in [6, 6.07) is 18.1. The molecule has 0 aliphatic carbocycles. The molecule has 0 bridgehead atoms. The Morgan fingerprint density at radius 2 is 1.79 bits per heavy atom. The summed E-state index contributed by atoms with van der Waals surface area (Å²) in [6.45, 7) is 1.78. The highest BCUT2D eigenvalue weighted by molar-refractivity contribution is 9.11. The van der Waals surface area contributed by atoms with Crippen LogP contribution >= 0.6 is 39.0 Å². The number of thioether (sulfide) groups is 1. The van der Waals surface area contributed by atoms with E-state index in [1.54, 1.807) is 18.1 Å². The van der Waals surface area contributed by atoms with Crippen LogP contribution in [0, 0.1) is 0 Å². The van der Waals surface area contributed by atoms with E-state index in [4.69, 9.17) is 10.5 Å². The third kappa shape index (κ3) is 5.13. The highest BCUT2D eigenvalue weighted by Gasteiger charge is 2.55. The van der Waals surface area contributed by atoms with Gasteiger partial charge in [-0.25, -0.2) is 9.78 Å². The maximum atomic E-state index is 13.7. The van der Waals surface area contributed by atoms with Gasteiger partial charge in [0.15, 0.2) is 11.2 Å². The zero-order valence-electron chi connectivity index (χ0n) is 20.2. The number of hydrogen-bond acceptors (Lipinski definition) is 8. The van der Waals surface area contributed by atoms with Crippen molar-refractivity contribution < 1.29 is 19.1 Å². The molecule has 2 aliphatic heterocycles. The molecule has 0 spiro atoms. The van der Waals surface area contributed by atoms with Gasteiger partial charge in [-0.1, -0.05) is 88.4 Å². The van der Waals surface area contributed by atoms with Gasteiger partial charge in [-0.05, 0) is 28.6 Å². The van der Waals surface area contributed by atoms with E-state index in [2.05, 4.69) is 26.2 Å². The van der Waals surface area contributed by atoms with Crippen LogP contribution in [-0.2, 0) is 25.5 Å². The van der Waals surface area contributed by atoms with Crippen LogP contribution in [0.1, 0.15) is 29.0 Å². The number of halogens is 1. The Hall–Kier alpha value is -3.41. The quantitative estimate of drug-likeness (QED) is 0.299. The molecule has 1 aromatic heterocycles. The highest BCUT2D eigenvalue weighted by atomic mass is 79.9. The van der Waals surface area contributed by atoms with Gasteiger partial charge >= 0.3 is 5.97 Å². The molecule has 194 valence electrons. The standard InChI is InChI=1S/C27H23BrN4O4S2/c1-15-19(13-28)38-25-21(31-20(33)12-18-14-30-27(29)37-18)24(34)32(25)22(15)26(35)36-23(16-8-4-2-5-9-16)17-10-6-3-7-11-17/h2-11,13-14,21,23,25H,12H2,1H3,(H2,29,30)(H,31,33)/t21?,25-/m1/s1. The Bertz CT molecular complexity index is 1400. The number of thiazole rings is 1. The predicted octanol–water partition coefficient (Wildman–Crippen LogP) is 4.51. The van der Waals surface area contributed by atoms with Gasteiger partial charge in [-0.2, -0.15) is 0 Å². The summed E-state index contributed by atoms with van der Waals surface area (Å²) in [5.74, 6) is -1.30. The van der Waals surface area contributed by atoms with E-state index in [1.807, 2.05) is 60.7 Å². The van der Waals surface area contributed by atoms with Crippen molar-refractivity contribution in [3.05, 3.63) is 104 Å². The first-order valence-electron chi connectivity index (χ1n) is 11.7. The number of β-lactam (4-membered cyclic amide) rings is 1. The molecule has 1 saturated heterocycles. The maximum Gasteiger partial charge on any atom is 0.356 e. The molecule has 3 heterocycles. The minimum atomic E-state index is -0.782. The molecule has 1 unspecified atom stereocenters. The molecule has 11 heteroatoms. The Labute approximate surface area is 236 Å². The highest BCUT2D eigenvalue weighted by Crippen LogP contribution is 2.47. The Morgan fingerprint density at radius 1 is 1.16 bits per heavy atom. The smallest absolute Gasteiger partial charge is 0.356 e. The lowest BCUT2D eigenvalue weighted by Gasteiger charge is -2.50. The van der Waals surface area contributed by atoms with E-state index in [9.17, 15) is 14.4 Å². The normalized spacial score (nSPS) is 19.8. The lowest BCUT2D eigenvalue weighted by molar-refractivity contribution is -0.154. The van der Waals surface area contributed by atoms with E-state index in [0.717, 1.165) is 16.0 Å². The number of hydrogen-bond donors (Lipinski definition) is 2. The monoisotopic (exact) mass is 610 g/mol. The van der Waals surface area contributed by atoms with E-state index in [1.165, 1.54) is 28.0 Å². The lowest BCUT2D eigenvalue weighted by atomic mass is 10.0. The van der Waals surface area contributed by atoms with Crippen LogP contribution in [0.5, 0.6) is 0 Å². The van der Waals surface area contributed by atoms with Crippen LogP contribution in [0.3, 0.4) is 0 Å². The van der Waals surface area contributed by atoms with Crippen LogP contribution in [-0.4, -0.2) is 39.1 Å². The fraction of sp³-hybridized carbons (Fsp3) is 0.185. The third-order valence-electron chi connectivity index (χ3n) is 6.20. The number of benzene rings is 2. The molecule has 38 heavy (non-hydrogen) atoms. The summed E-state index contributed by atoms with van der Waals surface area (Å²) < 4.78 is 6.08. The largest absolute Gasteiger partial charge is 0.448 e. The Morgan fingerprint density at radius 3 is 2.34 bits per heavy atom. The Kier molecular flexibility index (Phi) is 7.68. The fourth-order valence-corrected chi connectivity index (χ4v) is 6.93. The number of ether oxygens (including phenoxy) is 1. The topological polar surface area (TPSA) is 115 Å². The lowest BCUT2D eigenvalue weighted by Crippen LogP contribution is -2.70. The molecular formula is C27H23BrN4O4S2. The summed E-state index contributed by atoms with van der Waals surface area (Å²) in [7, 11) is 0. The second kappa shape index (κ2) is 11.1. The number of rotatable bonds is 7. The van der Waals surface area contributed by atoms with Gasteiger partial charge in [0.25, 0.3) is 5.91 Å². The van der Waals surface area contributed by atoms with Crippen LogP contribution < -0.4 is 11.1 Å². The van der Waals surface area contributed by atoms with Gasteiger partial charge < -0.3 is 15.8 Å². The number of allylic oxidation sites excluding steroid dienone is 1. The molecule has 2 aliphatic rings. The zero-order valence-corrected chi connectivity index (χ0v) is 23.4. The zero-order chi connectivity index (χ0) is 26.8. The van der Waals surface area contributed by atoms with Crippen molar-refractivity contribution in [1.29, 1.82) is 0 Å². The molecule has 1 fully saturated rings. The second-order valence-electron chi connectivity index (χ2n) is 8.66. The Balaban J connectivity index is 1.38. The first-order chi connectivity index (χ1) is 18.4. The molecule has 3 aromatic rings. The molecule has 5 rings (SSSR count). The van der Waals surface area contributed by atoms with Crippen LogP contribution in [0.15, 0.2) is 88.0 Å². The van der Waals surface area contributed by atoms with Crippen molar-refractivity contribution in [1.82, 2.24) is 15.2 Å². The second-order valence-corrected chi connectivity index (χ2v) is 11.4. The summed E-state index contributed by atoms with van der Waals surface area (Å²) in [5.41, 5.74) is 8.06. The minimum absolute atomic E-state index is 0.0662. The number of fused-ring (bicyclic) bond motifs is 1. The predicted molar refractivity (Wildman–Crippen MR) is 151 cm³/mol. The average Bonchev–Trinajstić information content (AvgIpc) is 3.35. The van der Waals surface area contributed by atoms with Crippen molar-refractivity contribution in [3.63, 3.8) is 0 Å². The van der Waals surface area contributed by atoms with Crippen molar-refractivity contribution in [3.8, 4) is 0 Å². The molecule has 2 amide bonds. The number of amides is 2. The van der Waals surface area contributed by atoms with Gasteiger partial charge in [0.05, 0.1) is 6.42 Å². The minimum Gasteiger partial charge on any atom is -0.448 e. The van der Waals surface area contributed by atoms with Crippen LogP contribution in [0.2, 0.25) is 0 Å². The number of carbonyl (C=O) groups excluding carboxylic acids is 3. The van der Waals surface area contributed by atoms with Crippen LogP contribution in [0.25, 0.3) is 0 Å². The van der Waals surface area contributed by atoms with E-state index >= 15 is 0 Å². The average molecular weight is 612 g/mol. The molecule has 8 nitrogen and oxygen atoms in total. The number of nitrogens with two attached hydrogens (primary N) is 1. The van der Waals surface area contributed by atoms with E-state index < -0.39 is 23.5 Å². The molecule has 0 saturated carbocycles.